The van der Waals surface area contributed by atoms with E-state index >= 15 is 0 Å². The van der Waals surface area contributed by atoms with Crippen molar-refractivity contribution in [3.05, 3.63) is 71.8 Å². The van der Waals surface area contributed by atoms with E-state index in [1.165, 1.54) is 18.1 Å². The molecule has 42 heavy (non-hydrogen) atoms. The molecule has 1 aromatic heterocycles. The summed E-state index contributed by atoms with van der Waals surface area (Å²) in [5, 5.41) is 11.6. The smallest absolute Gasteiger partial charge is 0.248 e. The SMILES string of the molecule is CCc1nccn1CCOc1ccc(CN2CCN(C(=O)COC)CC(O)(COc3ccc(F)c(F)c3)C2)cc1OC. The number of nitrogens with zero attached hydrogens (tertiary/aromatic N) is 4. The quantitative estimate of drug-likeness (QED) is 0.326. The van der Waals surface area contributed by atoms with Crippen LogP contribution in [0.5, 0.6) is 17.2 Å². The van der Waals surface area contributed by atoms with E-state index in [0.717, 1.165) is 29.9 Å². The maximum atomic E-state index is 13.7. The monoisotopic (exact) mass is 588 g/mol. The zero-order valence-corrected chi connectivity index (χ0v) is 24.2. The molecular weight excluding hydrogens is 550 g/mol. The van der Waals surface area contributed by atoms with Gasteiger partial charge >= 0.3 is 0 Å². The minimum absolute atomic E-state index is 0.0118. The second kappa shape index (κ2) is 14.4. The molecule has 10 nitrogen and oxygen atoms in total. The lowest BCUT2D eigenvalue weighted by Crippen LogP contribution is -2.52. The molecule has 12 heteroatoms. The second-order valence-electron chi connectivity index (χ2n) is 10.3. The van der Waals surface area contributed by atoms with Crippen molar-refractivity contribution in [1.82, 2.24) is 19.4 Å². The van der Waals surface area contributed by atoms with Gasteiger partial charge in [0.05, 0.1) is 20.2 Å². The lowest BCUT2D eigenvalue weighted by atomic mass is 10.0. The van der Waals surface area contributed by atoms with Crippen LogP contribution < -0.4 is 14.2 Å². The molecule has 1 amide bonds. The van der Waals surface area contributed by atoms with Crippen LogP contribution in [0.15, 0.2) is 48.8 Å². The highest BCUT2D eigenvalue weighted by atomic mass is 19.2. The predicted molar refractivity (Wildman–Crippen MR) is 151 cm³/mol. The van der Waals surface area contributed by atoms with E-state index in [9.17, 15) is 18.7 Å². The van der Waals surface area contributed by atoms with Gasteiger partial charge in [-0.3, -0.25) is 9.69 Å². The molecule has 0 spiro atoms. The van der Waals surface area contributed by atoms with Crippen LogP contribution >= 0.6 is 0 Å². The molecule has 2 aromatic carbocycles. The first-order valence-electron chi connectivity index (χ1n) is 13.8. The van der Waals surface area contributed by atoms with Gasteiger partial charge in [-0.15, -0.1) is 0 Å². The van der Waals surface area contributed by atoms with Gasteiger partial charge in [0.15, 0.2) is 23.1 Å². The Balaban J connectivity index is 1.44. The van der Waals surface area contributed by atoms with E-state index in [-0.39, 0.29) is 38.0 Å². The van der Waals surface area contributed by atoms with Crippen LogP contribution in [-0.2, 0) is 29.0 Å². The van der Waals surface area contributed by atoms with E-state index in [0.29, 0.717) is 44.3 Å². The number of aliphatic hydroxyl groups is 1. The number of carbonyl (C=O) groups is 1. The number of halogens is 2. The van der Waals surface area contributed by atoms with E-state index in [2.05, 4.69) is 16.5 Å². The molecule has 4 rings (SSSR count). The van der Waals surface area contributed by atoms with Crippen LogP contribution in [0.25, 0.3) is 0 Å². The number of hydrogen-bond donors (Lipinski definition) is 1. The fourth-order valence-electron chi connectivity index (χ4n) is 4.98. The maximum absolute atomic E-state index is 13.7. The van der Waals surface area contributed by atoms with Gasteiger partial charge in [0, 0.05) is 58.2 Å². The van der Waals surface area contributed by atoms with Crippen molar-refractivity contribution in [3.63, 3.8) is 0 Å². The first-order valence-corrected chi connectivity index (χ1v) is 13.8. The number of aromatic nitrogens is 2. The number of β-amino-alcohol motifs (C(OH)–C–C–N with tert-alkyl or cyclic N) is 1. The Labute approximate surface area is 244 Å². The molecule has 0 saturated carbocycles. The van der Waals surface area contributed by atoms with Crippen molar-refractivity contribution in [1.29, 1.82) is 0 Å². The summed E-state index contributed by atoms with van der Waals surface area (Å²) in [6, 6.07) is 8.85. The fourth-order valence-corrected chi connectivity index (χ4v) is 4.98. The molecule has 1 aliphatic heterocycles. The third-order valence-electron chi connectivity index (χ3n) is 7.05. The number of benzene rings is 2. The Kier molecular flexibility index (Phi) is 10.7. The highest BCUT2D eigenvalue weighted by molar-refractivity contribution is 5.77. The largest absolute Gasteiger partial charge is 0.493 e. The summed E-state index contributed by atoms with van der Waals surface area (Å²) in [7, 11) is 3.01. The van der Waals surface area contributed by atoms with E-state index in [1.54, 1.807) is 13.3 Å². The van der Waals surface area contributed by atoms with Gasteiger partial charge < -0.3 is 33.5 Å². The van der Waals surface area contributed by atoms with Crippen molar-refractivity contribution < 1.29 is 37.6 Å². The van der Waals surface area contributed by atoms with Crippen LogP contribution in [0.4, 0.5) is 8.78 Å². The summed E-state index contributed by atoms with van der Waals surface area (Å²) in [5.74, 6) is -0.0410. The predicted octanol–water partition coefficient (Wildman–Crippen LogP) is 2.91. The van der Waals surface area contributed by atoms with Gasteiger partial charge in [0.2, 0.25) is 5.91 Å². The topological polar surface area (TPSA) is 98.5 Å². The van der Waals surface area contributed by atoms with Crippen LogP contribution in [0.2, 0.25) is 0 Å². The third-order valence-corrected chi connectivity index (χ3v) is 7.05. The second-order valence-corrected chi connectivity index (χ2v) is 10.3. The minimum Gasteiger partial charge on any atom is -0.493 e. The van der Waals surface area contributed by atoms with Gasteiger partial charge in [-0.05, 0) is 29.8 Å². The normalized spacial score (nSPS) is 17.6. The number of carbonyl (C=O) groups excluding carboxylic acids is 1. The van der Waals surface area contributed by atoms with Gasteiger partial charge in [-0.1, -0.05) is 13.0 Å². The zero-order valence-electron chi connectivity index (χ0n) is 24.2. The zero-order chi connectivity index (χ0) is 30.1. The molecule has 0 bridgehead atoms. The third kappa shape index (κ3) is 8.17. The highest BCUT2D eigenvalue weighted by Crippen LogP contribution is 2.29. The number of rotatable bonds is 13. The van der Waals surface area contributed by atoms with Gasteiger partial charge in [0.25, 0.3) is 0 Å². The van der Waals surface area contributed by atoms with Crippen molar-refractivity contribution in [2.45, 2.75) is 32.0 Å². The van der Waals surface area contributed by atoms with Gasteiger partial charge in [0.1, 0.15) is 37.0 Å². The lowest BCUT2D eigenvalue weighted by Gasteiger charge is -2.33. The first kappa shape index (κ1) is 31.2. The summed E-state index contributed by atoms with van der Waals surface area (Å²) in [6.07, 6.45) is 4.54. The summed E-state index contributed by atoms with van der Waals surface area (Å²) in [4.78, 5) is 20.5. The standard InChI is InChI=1S/C30H38F2N4O6/c1-4-28-33-9-10-35(28)13-14-41-26-8-5-22(15-27(26)40-3)17-34-11-12-36(29(37)18-39-2)20-30(38,19-34)21-42-23-6-7-24(31)25(32)16-23/h5-10,15-16,38H,4,11-14,17-21H2,1-3H3. The molecule has 1 aliphatic rings. The number of ether oxygens (including phenoxy) is 4. The van der Waals surface area contributed by atoms with Crippen LogP contribution in [0.3, 0.4) is 0 Å². The van der Waals surface area contributed by atoms with Crippen LogP contribution in [0, 0.1) is 11.6 Å². The Morgan fingerprint density at radius 1 is 1.05 bits per heavy atom. The first-order chi connectivity index (χ1) is 20.2. The Bertz CT molecular complexity index is 1340. The number of aryl methyl sites for hydroxylation is 1. The van der Waals surface area contributed by atoms with Crippen LogP contribution in [0.1, 0.15) is 18.3 Å². The fraction of sp³-hybridized carbons (Fsp3) is 0.467. The van der Waals surface area contributed by atoms with E-state index in [1.807, 2.05) is 29.3 Å². The summed E-state index contributed by atoms with van der Waals surface area (Å²) in [5.41, 5.74) is -0.578. The molecule has 1 unspecified atom stereocenters. The number of hydrogen-bond acceptors (Lipinski definition) is 8. The number of imidazole rings is 1. The average Bonchev–Trinajstić information content (AvgIpc) is 3.36. The van der Waals surface area contributed by atoms with Crippen LogP contribution in [-0.4, -0.2) is 96.2 Å². The maximum Gasteiger partial charge on any atom is 0.248 e. The summed E-state index contributed by atoms with van der Waals surface area (Å²) in [6.45, 7) is 4.24. The molecule has 3 aromatic rings. The molecule has 1 N–H and O–H groups in total. The Morgan fingerprint density at radius 3 is 2.62 bits per heavy atom. The summed E-state index contributed by atoms with van der Waals surface area (Å²) < 4.78 is 51.4. The van der Waals surface area contributed by atoms with E-state index in [4.69, 9.17) is 18.9 Å². The lowest BCUT2D eigenvalue weighted by molar-refractivity contribution is -0.138. The van der Waals surface area contributed by atoms with Crippen molar-refractivity contribution in [2.24, 2.45) is 0 Å². The van der Waals surface area contributed by atoms with Crippen molar-refractivity contribution in [3.8, 4) is 17.2 Å². The number of methoxy groups -OCH3 is 2. The molecule has 1 saturated heterocycles. The molecule has 1 fully saturated rings. The minimum atomic E-state index is -1.50. The van der Waals surface area contributed by atoms with Crippen molar-refractivity contribution in [2.75, 3.05) is 60.2 Å². The molecule has 0 radical (unpaired) electrons. The molecule has 2 heterocycles. The van der Waals surface area contributed by atoms with Gasteiger partial charge in [-0.2, -0.15) is 0 Å². The van der Waals surface area contributed by atoms with E-state index < -0.39 is 17.2 Å². The van der Waals surface area contributed by atoms with Gasteiger partial charge in [-0.25, -0.2) is 13.8 Å². The summed E-state index contributed by atoms with van der Waals surface area (Å²) >= 11 is 0. The molecule has 228 valence electrons. The highest BCUT2D eigenvalue weighted by Gasteiger charge is 2.37. The average molecular weight is 589 g/mol. The molecule has 0 aliphatic carbocycles. The molecular formula is C30H38F2N4O6. The Hall–Kier alpha value is -3.74. The number of amides is 1. The van der Waals surface area contributed by atoms with Crippen molar-refractivity contribution >= 4 is 5.91 Å². The molecule has 1 atom stereocenters. The Morgan fingerprint density at radius 2 is 1.88 bits per heavy atom.